The first-order valence-corrected chi connectivity index (χ1v) is 13.4. The van der Waals surface area contributed by atoms with Gasteiger partial charge in [0.05, 0.1) is 0 Å². The Kier molecular flexibility index (Phi) is 11.0. The molecule has 1 heterocycles. The van der Waals surface area contributed by atoms with Crippen LogP contribution in [0.15, 0.2) is 42.5 Å². The molecule has 2 aromatic rings. The van der Waals surface area contributed by atoms with Gasteiger partial charge in [-0.2, -0.15) is 0 Å². The van der Waals surface area contributed by atoms with Crippen molar-refractivity contribution < 1.29 is 33.3 Å². The number of benzene rings is 2. The van der Waals surface area contributed by atoms with Crippen LogP contribution in [0.4, 0.5) is 0 Å². The molecule has 0 saturated heterocycles. The van der Waals surface area contributed by atoms with E-state index in [1.54, 1.807) is 12.1 Å². The summed E-state index contributed by atoms with van der Waals surface area (Å²) in [6.07, 6.45) is 4.82. The smallest absolute Gasteiger partial charge is 0.311 e. The van der Waals surface area contributed by atoms with Crippen LogP contribution in [-0.4, -0.2) is 24.0 Å². The predicted molar refractivity (Wildman–Crippen MR) is 140 cm³/mol. The highest BCUT2D eigenvalue weighted by atomic mass is 16.6. The summed E-state index contributed by atoms with van der Waals surface area (Å²) >= 11 is 0. The Morgan fingerprint density at radius 3 is 2.03 bits per heavy atom. The molecule has 7 nitrogen and oxygen atoms in total. The predicted octanol–water partition coefficient (Wildman–Crippen LogP) is 6.66. The van der Waals surface area contributed by atoms with Crippen molar-refractivity contribution in [3.63, 3.8) is 0 Å². The van der Waals surface area contributed by atoms with Crippen molar-refractivity contribution in [2.45, 2.75) is 97.2 Å². The van der Waals surface area contributed by atoms with Gasteiger partial charge >= 0.3 is 17.9 Å². The normalized spacial score (nSPS) is 16.3. The fraction of sp³-hybridized carbons (Fsp3) is 0.500. The molecule has 0 radical (unpaired) electrons. The van der Waals surface area contributed by atoms with Crippen LogP contribution >= 0.6 is 0 Å². The van der Waals surface area contributed by atoms with Gasteiger partial charge in [-0.05, 0) is 24.8 Å². The molecule has 200 valence electrons. The minimum Gasteiger partial charge on any atom is -0.481 e. The van der Waals surface area contributed by atoms with E-state index >= 15 is 0 Å². The second-order valence-corrected chi connectivity index (χ2v) is 9.34. The molecule has 2 atom stereocenters. The van der Waals surface area contributed by atoms with Crippen molar-refractivity contribution in [1.82, 2.24) is 0 Å². The number of hydrogen-bond acceptors (Lipinski definition) is 7. The third-order valence-corrected chi connectivity index (χ3v) is 6.21. The molecule has 0 amide bonds. The topological polar surface area (TPSA) is 88.1 Å². The average molecular weight is 511 g/mol. The van der Waals surface area contributed by atoms with Gasteiger partial charge in [0.15, 0.2) is 6.10 Å². The number of rotatable bonds is 13. The lowest BCUT2D eigenvalue weighted by Crippen LogP contribution is -2.35. The third kappa shape index (κ3) is 8.34. The Bertz CT molecular complexity index is 1050. The van der Waals surface area contributed by atoms with E-state index in [4.69, 9.17) is 18.9 Å². The minimum absolute atomic E-state index is 0.253. The standard InChI is InChI=1S/C30H38O7/c1-4-7-15-27(31)34-22-18-24(35-28(32)16-8-5-2)23-20-26(36-29(33)17-9-6-3)30(37-25(23)19-22)21-13-11-10-12-14-21/h10-14,18-19,26,30H,4-9,15-17,20H2,1-3H3/t26-,30-/m1/s1. The molecule has 1 aliphatic rings. The van der Waals surface area contributed by atoms with Crippen LogP contribution in [0.3, 0.4) is 0 Å². The molecule has 0 aromatic heterocycles. The van der Waals surface area contributed by atoms with E-state index in [0.717, 1.165) is 37.7 Å². The van der Waals surface area contributed by atoms with Gasteiger partial charge in [0, 0.05) is 43.4 Å². The highest BCUT2D eigenvalue weighted by molar-refractivity contribution is 5.75. The van der Waals surface area contributed by atoms with Crippen LogP contribution < -0.4 is 14.2 Å². The molecule has 0 aliphatic carbocycles. The fourth-order valence-corrected chi connectivity index (χ4v) is 4.15. The summed E-state index contributed by atoms with van der Waals surface area (Å²) in [5.74, 6) is -0.0682. The van der Waals surface area contributed by atoms with Crippen molar-refractivity contribution in [1.29, 1.82) is 0 Å². The van der Waals surface area contributed by atoms with Crippen molar-refractivity contribution in [3.8, 4) is 17.2 Å². The molecule has 0 fully saturated rings. The zero-order valence-electron chi connectivity index (χ0n) is 22.1. The monoisotopic (exact) mass is 510 g/mol. The first-order chi connectivity index (χ1) is 17.9. The van der Waals surface area contributed by atoms with Crippen molar-refractivity contribution in [2.75, 3.05) is 0 Å². The van der Waals surface area contributed by atoms with E-state index in [1.165, 1.54) is 0 Å². The second-order valence-electron chi connectivity index (χ2n) is 9.34. The Hall–Kier alpha value is -3.35. The van der Waals surface area contributed by atoms with Gasteiger partial charge in [0.1, 0.15) is 23.4 Å². The van der Waals surface area contributed by atoms with Crippen LogP contribution in [0.2, 0.25) is 0 Å². The maximum absolute atomic E-state index is 12.6. The summed E-state index contributed by atoms with van der Waals surface area (Å²) in [4.78, 5) is 37.5. The molecule has 7 heteroatoms. The molecule has 3 rings (SSSR count). The first-order valence-electron chi connectivity index (χ1n) is 13.4. The van der Waals surface area contributed by atoms with Crippen LogP contribution in [-0.2, 0) is 25.5 Å². The summed E-state index contributed by atoms with van der Waals surface area (Å²) < 4.78 is 23.6. The lowest BCUT2D eigenvalue weighted by atomic mass is 9.93. The lowest BCUT2D eigenvalue weighted by molar-refractivity contribution is -0.155. The average Bonchev–Trinajstić information content (AvgIpc) is 2.90. The maximum atomic E-state index is 12.6. The van der Waals surface area contributed by atoms with Crippen LogP contribution in [0, 0.1) is 0 Å². The van der Waals surface area contributed by atoms with Gasteiger partial charge < -0.3 is 18.9 Å². The molecule has 2 aromatic carbocycles. The molecular formula is C30H38O7. The number of carbonyl (C=O) groups excluding carboxylic acids is 3. The van der Waals surface area contributed by atoms with Gasteiger partial charge in [-0.15, -0.1) is 0 Å². The van der Waals surface area contributed by atoms with Gasteiger partial charge in [0.25, 0.3) is 0 Å². The zero-order valence-corrected chi connectivity index (χ0v) is 22.1. The quantitative estimate of drug-likeness (QED) is 0.220. The summed E-state index contributed by atoms with van der Waals surface area (Å²) in [7, 11) is 0. The number of esters is 3. The number of carbonyl (C=O) groups is 3. The van der Waals surface area contributed by atoms with Crippen molar-refractivity contribution >= 4 is 17.9 Å². The molecule has 0 spiro atoms. The maximum Gasteiger partial charge on any atom is 0.311 e. The fourth-order valence-electron chi connectivity index (χ4n) is 4.15. The highest BCUT2D eigenvalue weighted by Gasteiger charge is 2.36. The van der Waals surface area contributed by atoms with Gasteiger partial charge in [-0.25, -0.2) is 0 Å². The Morgan fingerprint density at radius 1 is 0.811 bits per heavy atom. The highest BCUT2D eigenvalue weighted by Crippen LogP contribution is 2.44. The molecule has 37 heavy (non-hydrogen) atoms. The Balaban J connectivity index is 1.96. The summed E-state index contributed by atoms with van der Waals surface area (Å²) in [6, 6.07) is 12.7. The van der Waals surface area contributed by atoms with Gasteiger partial charge in [0.2, 0.25) is 0 Å². The second kappa shape index (κ2) is 14.4. The Morgan fingerprint density at radius 2 is 1.41 bits per heavy atom. The molecule has 0 saturated carbocycles. The first kappa shape index (κ1) is 28.2. The van der Waals surface area contributed by atoms with Crippen LogP contribution in [0.1, 0.15) is 95.8 Å². The third-order valence-electron chi connectivity index (χ3n) is 6.21. The van der Waals surface area contributed by atoms with Crippen molar-refractivity contribution in [2.24, 2.45) is 0 Å². The zero-order chi connectivity index (χ0) is 26.6. The summed E-state index contributed by atoms with van der Waals surface area (Å²) in [6.45, 7) is 6.02. The lowest BCUT2D eigenvalue weighted by Gasteiger charge is -2.34. The van der Waals surface area contributed by atoms with E-state index in [9.17, 15) is 14.4 Å². The minimum atomic E-state index is -0.606. The van der Waals surface area contributed by atoms with E-state index in [1.807, 2.05) is 51.1 Å². The summed E-state index contributed by atoms with van der Waals surface area (Å²) in [5, 5.41) is 0. The van der Waals surface area contributed by atoms with Crippen LogP contribution in [0.5, 0.6) is 17.2 Å². The molecule has 0 bridgehead atoms. The van der Waals surface area contributed by atoms with Gasteiger partial charge in [-0.3, -0.25) is 14.4 Å². The van der Waals surface area contributed by atoms with Crippen LogP contribution in [0.25, 0.3) is 0 Å². The van der Waals surface area contributed by atoms with E-state index in [-0.39, 0.29) is 35.8 Å². The van der Waals surface area contributed by atoms with Gasteiger partial charge in [-0.1, -0.05) is 70.4 Å². The molecule has 1 aliphatic heterocycles. The molecule has 0 N–H and O–H groups in total. The van der Waals surface area contributed by atoms with E-state index in [2.05, 4.69) is 0 Å². The molecule has 0 unspecified atom stereocenters. The van der Waals surface area contributed by atoms with E-state index in [0.29, 0.717) is 37.0 Å². The van der Waals surface area contributed by atoms with Crippen molar-refractivity contribution in [3.05, 3.63) is 53.6 Å². The number of fused-ring (bicyclic) bond motifs is 1. The van der Waals surface area contributed by atoms with E-state index < -0.39 is 12.2 Å². The molecular weight excluding hydrogens is 472 g/mol. The number of hydrogen-bond donors (Lipinski definition) is 0. The SMILES string of the molecule is CCCCC(=O)Oc1cc(OC(=O)CCCC)c2c(c1)O[C@H](c1ccccc1)[C@H](OC(=O)CCCC)C2. The summed E-state index contributed by atoms with van der Waals surface area (Å²) in [5.41, 5.74) is 1.46. The Labute approximate surface area is 219 Å². The largest absolute Gasteiger partial charge is 0.481 e. The number of ether oxygens (including phenoxy) is 4. The number of unbranched alkanes of at least 4 members (excludes halogenated alkanes) is 3.